The lowest BCUT2D eigenvalue weighted by Gasteiger charge is -2.18. The maximum Gasteiger partial charge on any atom is 0.306 e. The van der Waals surface area contributed by atoms with E-state index in [1.165, 1.54) is 180 Å². The van der Waals surface area contributed by atoms with Crippen LogP contribution in [0.5, 0.6) is 0 Å². The van der Waals surface area contributed by atoms with Crippen molar-refractivity contribution in [3.63, 3.8) is 0 Å². The highest BCUT2D eigenvalue weighted by Gasteiger charge is 2.19. The van der Waals surface area contributed by atoms with Crippen LogP contribution in [0.3, 0.4) is 0 Å². The van der Waals surface area contributed by atoms with Crippen LogP contribution in [0.15, 0.2) is 12.2 Å². The number of carbonyl (C=O) groups is 3. The number of esters is 3. The SMILES string of the molecule is CCCCCC/C=C\CCCCCCCC(=O)OC(COC(=O)CCCCCCCCCC)COC(=O)CCCCCCCCCCCCCCCCCCCCC. The van der Waals surface area contributed by atoms with Gasteiger partial charge in [-0.15, -0.1) is 0 Å². The molecule has 0 radical (unpaired) electrons. The molecule has 0 bridgehead atoms. The monoisotopic (exact) mass is 819 g/mol. The molecule has 6 heteroatoms. The normalized spacial score (nSPS) is 12.0. The first-order valence-electron chi connectivity index (χ1n) is 25.7. The fourth-order valence-corrected chi connectivity index (χ4v) is 7.61. The Morgan fingerprint density at radius 2 is 0.569 bits per heavy atom. The van der Waals surface area contributed by atoms with Gasteiger partial charge >= 0.3 is 17.9 Å². The zero-order valence-corrected chi connectivity index (χ0v) is 39.1. The lowest BCUT2D eigenvalue weighted by atomic mass is 10.0. The quantitative estimate of drug-likeness (QED) is 0.0263. The Hall–Kier alpha value is -1.85. The molecule has 6 nitrogen and oxygen atoms in total. The molecule has 342 valence electrons. The van der Waals surface area contributed by atoms with E-state index in [9.17, 15) is 14.4 Å². The predicted molar refractivity (Wildman–Crippen MR) is 247 cm³/mol. The zero-order chi connectivity index (χ0) is 42.3. The average Bonchev–Trinajstić information content (AvgIpc) is 3.22. The van der Waals surface area contributed by atoms with Crippen molar-refractivity contribution in [2.45, 2.75) is 290 Å². The Balaban J connectivity index is 4.21. The largest absolute Gasteiger partial charge is 0.462 e. The molecule has 0 aromatic rings. The second kappa shape index (κ2) is 47.8. The highest BCUT2D eigenvalue weighted by molar-refractivity contribution is 5.71. The van der Waals surface area contributed by atoms with E-state index in [1.807, 2.05) is 0 Å². The van der Waals surface area contributed by atoms with Gasteiger partial charge in [0.15, 0.2) is 6.10 Å². The summed E-state index contributed by atoms with van der Waals surface area (Å²) in [6, 6.07) is 0. The molecule has 1 atom stereocenters. The second-order valence-electron chi connectivity index (χ2n) is 17.4. The minimum absolute atomic E-state index is 0.0686. The third-order valence-electron chi connectivity index (χ3n) is 11.5. The number of allylic oxidation sites excluding steroid dienone is 2. The number of hydrogen-bond donors (Lipinski definition) is 0. The molecule has 0 aliphatic carbocycles. The van der Waals surface area contributed by atoms with Gasteiger partial charge in [0.1, 0.15) is 13.2 Å². The molecule has 0 saturated heterocycles. The molecule has 0 rings (SSSR count). The van der Waals surface area contributed by atoms with Gasteiger partial charge in [0.05, 0.1) is 0 Å². The van der Waals surface area contributed by atoms with Crippen molar-refractivity contribution in [1.82, 2.24) is 0 Å². The third-order valence-corrected chi connectivity index (χ3v) is 11.5. The second-order valence-corrected chi connectivity index (χ2v) is 17.4. The highest BCUT2D eigenvalue weighted by atomic mass is 16.6. The fourth-order valence-electron chi connectivity index (χ4n) is 7.61. The lowest BCUT2D eigenvalue weighted by molar-refractivity contribution is -0.167. The van der Waals surface area contributed by atoms with E-state index in [0.29, 0.717) is 19.3 Å². The Kier molecular flexibility index (Phi) is 46.3. The Morgan fingerprint density at radius 3 is 0.879 bits per heavy atom. The summed E-state index contributed by atoms with van der Waals surface area (Å²) >= 11 is 0. The maximum absolute atomic E-state index is 12.7. The van der Waals surface area contributed by atoms with Gasteiger partial charge in [-0.05, 0) is 44.9 Å². The molecule has 0 aliphatic rings. The van der Waals surface area contributed by atoms with Gasteiger partial charge in [-0.3, -0.25) is 14.4 Å². The summed E-state index contributed by atoms with van der Waals surface area (Å²) in [7, 11) is 0. The van der Waals surface area contributed by atoms with Gasteiger partial charge in [-0.2, -0.15) is 0 Å². The van der Waals surface area contributed by atoms with Crippen molar-refractivity contribution in [3.8, 4) is 0 Å². The smallest absolute Gasteiger partial charge is 0.306 e. The number of carbonyl (C=O) groups excluding carboxylic acids is 3. The van der Waals surface area contributed by atoms with Crippen LogP contribution in [-0.2, 0) is 28.6 Å². The van der Waals surface area contributed by atoms with E-state index in [1.54, 1.807) is 0 Å². The summed E-state index contributed by atoms with van der Waals surface area (Å²) < 4.78 is 16.7. The van der Waals surface area contributed by atoms with Crippen LogP contribution in [0.4, 0.5) is 0 Å². The predicted octanol–water partition coefficient (Wildman–Crippen LogP) is 16.6. The Labute approximate surface area is 360 Å². The first-order chi connectivity index (χ1) is 28.5. The molecule has 0 aromatic heterocycles. The minimum atomic E-state index is -0.766. The van der Waals surface area contributed by atoms with Crippen LogP contribution >= 0.6 is 0 Å². The first kappa shape index (κ1) is 56.1. The number of hydrogen-bond acceptors (Lipinski definition) is 6. The molecule has 0 N–H and O–H groups in total. The van der Waals surface area contributed by atoms with Gasteiger partial charge in [-0.25, -0.2) is 0 Å². The number of unbranched alkanes of at least 4 members (excludes halogenated alkanes) is 34. The van der Waals surface area contributed by atoms with E-state index >= 15 is 0 Å². The fraction of sp³-hybridized carbons (Fsp3) is 0.904. The van der Waals surface area contributed by atoms with Crippen LogP contribution < -0.4 is 0 Å². The lowest BCUT2D eigenvalue weighted by Crippen LogP contribution is -2.30. The van der Waals surface area contributed by atoms with E-state index in [0.717, 1.165) is 64.2 Å². The molecule has 0 heterocycles. The minimum Gasteiger partial charge on any atom is -0.462 e. The highest BCUT2D eigenvalue weighted by Crippen LogP contribution is 2.16. The summed E-state index contributed by atoms with van der Waals surface area (Å²) in [5.74, 6) is -0.867. The van der Waals surface area contributed by atoms with Crippen molar-refractivity contribution < 1.29 is 28.6 Å². The molecule has 0 aliphatic heterocycles. The van der Waals surface area contributed by atoms with Crippen LogP contribution in [0.25, 0.3) is 0 Å². The summed E-state index contributed by atoms with van der Waals surface area (Å²) in [4.78, 5) is 37.8. The van der Waals surface area contributed by atoms with Crippen molar-refractivity contribution in [2.24, 2.45) is 0 Å². The zero-order valence-electron chi connectivity index (χ0n) is 39.1. The van der Waals surface area contributed by atoms with E-state index in [-0.39, 0.29) is 31.1 Å². The molecule has 0 fully saturated rings. The molecular formula is C52H98O6. The van der Waals surface area contributed by atoms with Crippen LogP contribution in [0, 0.1) is 0 Å². The van der Waals surface area contributed by atoms with Crippen LogP contribution in [-0.4, -0.2) is 37.2 Å². The molecule has 0 amide bonds. The maximum atomic E-state index is 12.7. The van der Waals surface area contributed by atoms with Crippen molar-refractivity contribution >= 4 is 17.9 Å². The molecule has 1 unspecified atom stereocenters. The van der Waals surface area contributed by atoms with Gasteiger partial charge in [-0.1, -0.05) is 232 Å². The summed E-state index contributed by atoms with van der Waals surface area (Å²) in [6.45, 7) is 6.62. The Bertz CT molecular complexity index is 900. The Morgan fingerprint density at radius 1 is 0.328 bits per heavy atom. The summed E-state index contributed by atoms with van der Waals surface area (Å²) in [5, 5.41) is 0. The van der Waals surface area contributed by atoms with Gasteiger partial charge < -0.3 is 14.2 Å². The number of ether oxygens (including phenoxy) is 3. The van der Waals surface area contributed by atoms with Crippen molar-refractivity contribution in [1.29, 1.82) is 0 Å². The first-order valence-corrected chi connectivity index (χ1v) is 25.7. The molecule has 0 spiro atoms. The molecular weight excluding hydrogens is 721 g/mol. The summed E-state index contributed by atoms with van der Waals surface area (Å²) in [6.07, 6.45) is 52.1. The molecule has 0 aromatic carbocycles. The van der Waals surface area contributed by atoms with E-state index < -0.39 is 6.10 Å². The van der Waals surface area contributed by atoms with E-state index in [4.69, 9.17) is 14.2 Å². The van der Waals surface area contributed by atoms with Crippen molar-refractivity contribution in [3.05, 3.63) is 12.2 Å². The van der Waals surface area contributed by atoms with Crippen LogP contribution in [0.1, 0.15) is 284 Å². The average molecular weight is 819 g/mol. The molecule has 58 heavy (non-hydrogen) atoms. The standard InChI is InChI=1S/C52H98O6/c1-4-7-10-13-16-19-21-23-24-25-26-27-28-30-31-33-36-39-42-45-51(54)57-48-49(47-56-50(53)44-41-38-35-18-15-12-9-6-3)58-52(55)46-43-40-37-34-32-29-22-20-17-14-11-8-5-2/h20,22,49H,4-19,21,23-48H2,1-3H3/b22-20-. The molecule has 0 saturated carbocycles. The van der Waals surface area contributed by atoms with Gasteiger partial charge in [0, 0.05) is 19.3 Å². The third kappa shape index (κ3) is 45.2. The number of rotatable bonds is 47. The topological polar surface area (TPSA) is 78.9 Å². The van der Waals surface area contributed by atoms with E-state index in [2.05, 4.69) is 32.9 Å². The van der Waals surface area contributed by atoms with Gasteiger partial charge in [0.2, 0.25) is 0 Å². The summed E-state index contributed by atoms with van der Waals surface area (Å²) in [5.41, 5.74) is 0. The van der Waals surface area contributed by atoms with Crippen LogP contribution in [0.2, 0.25) is 0 Å². The van der Waals surface area contributed by atoms with Gasteiger partial charge in [0.25, 0.3) is 0 Å². The van der Waals surface area contributed by atoms with Crippen molar-refractivity contribution in [2.75, 3.05) is 13.2 Å².